The van der Waals surface area contributed by atoms with Crippen LogP contribution in [0.2, 0.25) is 0 Å². The molecule has 0 saturated carbocycles. The minimum absolute atomic E-state index is 0.141. The van der Waals surface area contributed by atoms with Crippen LogP contribution in [0, 0.1) is 0 Å². The van der Waals surface area contributed by atoms with Crippen LogP contribution in [-0.2, 0) is 23.1 Å². The van der Waals surface area contributed by atoms with Crippen molar-refractivity contribution in [2.24, 2.45) is 0 Å². The number of hydrogen-bond donors (Lipinski definition) is 3. The summed E-state index contributed by atoms with van der Waals surface area (Å²) in [5.41, 5.74) is 6.79. The van der Waals surface area contributed by atoms with Crippen LogP contribution in [0.1, 0.15) is 24.5 Å². The molecular formula is C16H23N5O3S2. The molecule has 8 nitrogen and oxygen atoms in total. The van der Waals surface area contributed by atoms with Gasteiger partial charge in [0.1, 0.15) is 22.6 Å². The van der Waals surface area contributed by atoms with Crippen LogP contribution in [-0.4, -0.2) is 42.3 Å². The van der Waals surface area contributed by atoms with E-state index in [-0.39, 0.29) is 12.1 Å². The van der Waals surface area contributed by atoms with Crippen LogP contribution in [0.15, 0.2) is 29.9 Å². The zero-order chi connectivity index (χ0) is 18.6. The predicted molar refractivity (Wildman–Crippen MR) is 100 cm³/mol. The van der Waals surface area contributed by atoms with Crippen LogP contribution in [0.4, 0.5) is 0 Å². The lowest BCUT2D eigenvalue weighted by Gasteiger charge is -2.18. The molecule has 1 fully saturated rings. The highest BCUT2D eigenvalue weighted by molar-refractivity contribution is 7.90. The Labute approximate surface area is 157 Å². The number of pyridine rings is 1. The normalized spacial score (nSPS) is 23.2. The summed E-state index contributed by atoms with van der Waals surface area (Å²) < 4.78 is 33.3. The molecule has 2 aromatic heterocycles. The maximum Gasteiger partial charge on any atom is 0.217 e. The highest BCUT2D eigenvalue weighted by atomic mass is 32.2. The van der Waals surface area contributed by atoms with Gasteiger partial charge in [-0.25, -0.2) is 18.1 Å². The quantitative estimate of drug-likeness (QED) is 0.606. The van der Waals surface area contributed by atoms with Gasteiger partial charge in [0.2, 0.25) is 10.0 Å². The van der Waals surface area contributed by atoms with Gasteiger partial charge in [-0.1, -0.05) is 0 Å². The molecular weight excluding hydrogens is 374 g/mol. The van der Waals surface area contributed by atoms with Crippen molar-refractivity contribution in [1.29, 1.82) is 0 Å². The second-order valence-corrected chi connectivity index (χ2v) is 9.10. The van der Waals surface area contributed by atoms with Crippen molar-refractivity contribution in [3.8, 4) is 5.75 Å². The SMILES string of the molecule is CC1NNC(C)C1S(=O)(=O)NCCc1csc(COc2cccnc2)n1. The Hall–Kier alpha value is -1.59. The molecule has 1 aliphatic heterocycles. The molecule has 26 heavy (non-hydrogen) atoms. The average Bonchev–Trinajstić information content (AvgIpc) is 3.20. The molecule has 3 heterocycles. The number of hydrazine groups is 1. The van der Waals surface area contributed by atoms with Crippen molar-refractivity contribution in [3.63, 3.8) is 0 Å². The molecule has 2 aromatic rings. The van der Waals surface area contributed by atoms with Crippen LogP contribution in [0.3, 0.4) is 0 Å². The van der Waals surface area contributed by atoms with Crippen molar-refractivity contribution >= 4 is 21.4 Å². The summed E-state index contributed by atoms with van der Waals surface area (Å²) in [6, 6.07) is 3.37. The van der Waals surface area contributed by atoms with Gasteiger partial charge in [-0.2, -0.15) is 0 Å². The van der Waals surface area contributed by atoms with Gasteiger partial charge in [0.05, 0.1) is 11.9 Å². The molecule has 3 rings (SSSR count). The molecule has 0 aromatic carbocycles. The van der Waals surface area contributed by atoms with Crippen LogP contribution >= 0.6 is 11.3 Å². The van der Waals surface area contributed by atoms with Crippen molar-refractivity contribution in [2.45, 2.75) is 44.2 Å². The first-order valence-corrected chi connectivity index (χ1v) is 10.8. The predicted octanol–water partition coefficient (Wildman–Crippen LogP) is 0.832. The minimum Gasteiger partial charge on any atom is -0.485 e. The van der Waals surface area contributed by atoms with Gasteiger partial charge in [-0.3, -0.25) is 15.8 Å². The van der Waals surface area contributed by atoms with Gasteiger partial charge in [0, 0.05) is 36.6 Å². The first-order valence-electron chi connectivity index (χ1n) is 8.41. The number of nitrogens with zero attached hydrogens (tertiary/aromatic N) is 2. The number of ether oxygens (including phenoxy) is 1. The number of rotatable bonds is 8. The zero-order valence-electron chi connectivity index (χ0n) is 14.7. The molecule has 142 valence electrons. The lowest BCUT2D eigenvalue weighted by Crippen LogP contribution is -2.45. The summed E-state index contributed by atoms with van der Waals surface area (Å²) in [7, 11) is -3.40. The summed E-state index contributed by atoms with van der Waals surface area (Å²) in [6.07, 6.45) is 3.88. The van der Waals surface area contributed by atoms with Gasteiger partial charge in [0.25, 0.3) is 0 Å². The third kappa shape index (κ3) is 4.77. The standard InChI is InChI=1S/C16H23N5O3S2/c1-11-16(12(2)21-20-11)26(22,23)18-7-5-13-10-25-15(19-13)9-24-14-4-3-6-17-8-14/h3-4,6,8,10-12,16,18,20-21H,5,7,9H2,1-2H3. The molecule has 0 spiro atoms. The molecule has 0 amide bonds. The van der Waals surface area contributed by atoms with E-state index in [1.54, 1.807) is 12.4 Å². The lowest BCUT2D eigenvalue weighted by atomic mass is 10.2. The van der Waals surface area contributed by atoms with E-state index in [2.05, 4.69) is 25.5 Å². The van der Waals surface area contributed by atoms with Crippen molar-refractivity contribution in [1.82, 2.24) is 25.5 Å². The van der Waals surface area contributed by atoms with Crippen LogP contribution in [0.5, 0.6) is 5.75 Å². The van der Waals surface area contributed by atoms with E-state index in [9.17, 15) is 8.42 Å². The highest BCUT2D eigenvalue weighted by Gasteiger charge is 2.39. The van der Waals surface area contributed by atoms with Crippen LogP contribution in [0.25, 0.3) is 0 Å². The summed E-state index contributed by atoms with van der Waals surface area (Å²) >= 11 is 1.50. The van der Waals surface area contributed by atoms with E-state index in [4.69, 9.17) is 4.74 Å². The van der Waals surface area contributed by atoms with E-state index in [1.165, 1.54) is 11.3 Å². The zero-order valence-corrected chi connectivity index (χ0v) is 16.3. The molecule has 10 heteroatoms. The van der Waals surface area contributed by atoms with Crippen molar-refractivity contribution < 1.29 is 13.2 Å². The summed E-state index contributed by atoms with van der Waals surface area (Å²) in [4.78, 5) is 8.48. The summed E-state index contributed by atoms with van der Waals surface area (Å²) in [5, 5.41) is 2.28. The maximum absolute atomic E-state index is 12.5. The van der Waals surface area contributed by atoms with E-state index in [0.29, 0.717) is 25.3 Å². The molecule has 0 radical (unpaired) electrons. The molecule has 2 unspecified atom stereocenters. The van der Waals surface area contributed by atoms with Crippen molar-refractivity contribution in [3.05, 3.63) is 40.6 Å². The minimum atomic E-state index is -3.40. The highest BCUT2D eigenvalue weighted by Crippen LogP contribution is 2.16. The number of hydrogen-bond acceptors (Lipinski definition) is 8. The molecule has 3 N–H and O–H groups in total. The van der Waals surface area contributed by atoms with Gasteiger partial charge >= 0.3 is 0 Å². The van der Waals surface area contributed by atoms with E-state index in [0.717, 1.165) is 10.7 Å². The third-order valence-corrected chi connectivity index (χ3v) is 7.17. The third-order valence-electron chi connectivity index (χ3n) is 4.16. The average molecular weight is 398 g/mol. The molecule has 0 bridgehead atoms. The van der Waals surface area contributed by atoms with Crippen LogP contribution < -0.4 is 20.3 Å². The summed E-state index contributed by atoms with van der Waals surface area (Å²) in [5.74, 6) is 0.694. The first kappa shape index (κ1) is 19.2. The maximum atomic E-state index is 12.5. The van der Waals surface area contributed by atoms with Gasteiger partial charge in [-0.05, 0) is 26.0 Å². The molecule has 1 aliphatic rings. The van der Waals surface area contributed by atoms with E-state index < -0.39 is 15.3 Å². The topological polar surface area (TPSA) is 105 Å². The smallest absolute Gasteiger partial charge is 0.217 e. The number of sulfonamides is 1. The monoisotopic (exact) mass is 397 g/mol. The Bertz CT molecular complexity index is 802. The second kappa shape index (κ2) is 8.40. The fraction of sp³-hybridized carbons (Fsp3) is 0.500. The molecule has 1 saturated heterocycles. The number of nitrogens with one attached hydrogen (secondary N) is 3. The molecule has 0 aliphatic carbocycles. The fourth-order valence-electron chi connectivity index (χ4n) is 2.92. The van der Waals surface area contributed by atoms with E-state index >= 15 is 0 Å². The van der Waals surface area contributed by atoms with E-state index in [1.807, 2.05) is 31.4 Å². The Balaban J connectivity index is 1.47. The van der Waals surface area contributed by atoms with Gasteiger partial charge in [-0.15, -0.1) is 11.3 Å². The van der Waals surface area contributed by atoms with Gasteiger partial charge in [0.15, 0.2) is 0 Å². The Morgan fingerprint density at radius 1 is 1.31 bits per heavy atom. The first-order chi connectivity index (χ1) is 12.5. The Kier molecular flexibility index (Phi) is 6.20. The number of thiazole rings is 1. The largest absolute Gasteiger partial charge is 0.485 e. The number of aromatic nitrogens is 2. The Morgan fingerprint density at radius 2 is 2.08 bits per heavy atom. The van der Waals surface area contributed by atoms with Gasteiger partial charge < -0.3 is 4.74 Å². The van der Waals surface area contributed by atoms with Crippen molar-refractivity contribution in [2.75, 3.05) is 6.54 Å². The lowest BCUT2D eigenvalue weighted by molar-refractivity contribution is 0.304. The second-order valence-electron chi connectivity index (χ2n) is 6.23. The fourth-order valence-corrected chi connectivity index (χ4v) is 5.45. The molecule has 2 atom stereocenters. The Morgan fingerprint density at radius 3 is 2.77 bits per heavy atom. The summed E-state index contributed by atoms with van der Waals surface area (Å²) in [6.45, 7) is 4.41.